The number of ether oxygens (including phenoxy) is 2. The highest BCUT2D eigenvalue weighted by Crippen LogP contribution is 2.15. The van der Waals surface area contributed by atoms with E-state index in [0.29, 0.717) is 31.9 Å². The van der Waals surface area contributed by atoms with E-state index in [1.54, 1.807) is 37.8 Å². The van der Waals surface area contributed by atoms with Crippen molar-refractivity contribution < 1.29 is 24.0 Å². The van der Waals surface area contributed by atoms with Crippen LogP contribution in [0, 0.1) is 10.1 Å². The fourth-order valence-corrected chi connectivity index (χ4v) is 2.64. The molecule has 1 aromatic rings. The predicted octanol–water partition coefficient (Wildman–Crippen LogP) is 1.89. The molecule has 0 saturated carbocycles. The van der Waals surface area contributed by atoms with Crippen LogP contribution in [-0.2, 0) is 20.7 Å². The maximum atomic E-state index is 12.9. The Balaban J connectivity index is 2.13. The first kappa shape index (κ1) is 20.6. The first-order valence-electron chi connectivity index (χ1n) is 8.75. The zero-order chi connectivity index (χ0) is 20.0. The van der Waals surface area contributed by atoms with Gasteiger partial charge in [0.2, 0.25) is 5.91 Å². The maximum absolute atomic E-state index is 12.9. The number of non-ortho nitro benzene ring substituents is 1. The molecule has 1 fully saturated rings. The molecule has 9 heteroatoms. The van der Waals surface area contributed by atoms with E-state index in [4.69, 9.17) is 9.47 Å². The van der Waals surface area contributed by atoms with Crippen LogP contribution in [0.1, 0.15) is 26.3 Å². The van der Waals surface area contributed by atoms with Gasteiger partial charge in [0.05, 0.1) is 18.1 Å². The molecule has 2 amide bonds. The van der Waals surface area contributed by atoms with Gasteiger partial charge in [-0.3, -0.25) is 14.9 Å². The van der Waals surface area contributed by atoms with Crippen LogP contribution in [0.25, 0.3) is 0 Å². The van der Waals surface area contributed by atoms with Gasteiger partial charge in [-0.2, -0.15) is 0 Å². The van der Waals surface area contributed by atoms with Crippen molar-refractivity contribution in [2.24, 2.45) is 0 Å². The number of carbonyl (C=O) groups is 2. The number of nitro benzene ring substituents is 1. The van der Waals surface area contributed by atoms with E-state index in [1.807, 2.05) is 0 Å². The number of nitrogens with one attached hydrogen (secondary N) is 1. The van der Waals surface area contributed by atoms with Gasteiger partial charge in [-0.15, -0.1) is 0 Å². The van der Waals surface area contributed by atoms with E-state index in [1.165, 1.54) is 12.1 Å². The second kappa shape index (κ2) is 8.81. The first-order valence-corrected chi connectivity index (χ1v) is 8.75. The Kier molecular flexibility index (Phi) is 6.73. The van der Waals surface area contributed by atoms with Gasteiger partial charge in [0.15, 0.2) is 0 Å². The minimum absolute atomic E-state index is 0.0325. The van der Waals surface area contributed by atoms with Crippen molar-refractivity contribution in [1.29, 1.82) is 0 Å². The molecule has 1 aromatic carbocycles. The Bertz CT molecular complexity index is 677. The van der Waals surface area contributed by atoms with Gasteiger partial charge in [0.1, 0.15) is 11.6 Å². The van der Waals surface area contributed by atoms with E-state index in [0.717, 1.165) is 0 Å². The van der Waals surface area contributed by atoms with E-state index in [-0.39, 0.29) is 18.0 Å². The molecular formula is C18H25N3O6. The third-order valence-corrected chi connectivity index (χ3v) is 3.90. The summed E-state index contributed by atoms with van der Waals surface area (Å²) < 4.78 is 10.5. The standard InChI is InChI=1S/C18H25N3O6/c1-18(2,3)27-17(23)19-15(16(22)20-8-10-26-11-9-20)12-13-4-6-14(7-5-13)21(24)25/h4-7,15H,8-12H2,1-3H3,(H,19,23)/t15-/m1/s1. The largest absolute Gasteiger partial charge is 0.444 e. The van der Waals surface area contributed by atoms with Gasteiger partial charge in [0.25, 0.3) is 5.69 Å². The van der Waals surface area contributed by atoms with Crippen LogP contribution in [0.4, 0.5) is 10.5 Å². The number of carbonyl (C=O) groups excluding carboxylic acids is 2. The number of amides is 2. The van der Waals surface area contributed by atoms with Crippen LogP contribution in [0.2, 0.25) is 0 Å². The fourth-order valence-electron chi connectivity index (χ4n) is 2.64. The van der Waals surface area contributed by atoms with Crippen molar-refractivity contribution in [3.63, 3.8) is 0 Å². The molecule has 0 aromatic heterocycles. The number of rotatable bonds is 5. The number of hydrogen-bond donors (Lipinski definition) is 1. The minimum Gasteiger partial charge on any atom is -0.444 e. The fraction of sp³-hybridized carbons (Fsp3) is 0.556. The van der Waals surface area contributed by atoms with Gasteiger partial charge in [0, 0.05) is 31.6 Å². The van der Waals surface area contributed by atoms with Crippen LogP contribution >= 0.6 is 0 Å². The summed E-state index contributed by atoms with van der Waals surface area (Å²) in [4.78, 5) is 37.0. The molecule has 0 aliphatic carbocycles. The summed E-state index contributed by atoms with van der Waals surface area (Å²) in [6, 6.07) is 5.07. The molecule has 1 atom stereocenters. The van der Waals surface area contributed by atoms with Crippen molar-refractivity contribution in [3.05, 3.63) is 39.9 Å². The zero-order valence-electron chi connectivity index (χ0n) is 15.8. The molecule has 1 saturated heterocycles. The van der Waals surface area contributed by atoms with Crippen LogP contribution in [0.3, 0.4) is 0 Å². The van der Waals surface area contributed by atoms with Gasteiger partial charge in [-0.1, -0.05) is 12.1 Å². The number of alkyl carbamates (subject to hydrolysis) is 1. The van der Waals surface area contributed by atoms with Crippen LogP contribution in [0.15, 0.2) is 24.3 Å². The highest BCUT2D eigenvalue weighted by molar-refractivity contribution is 5.86. The van der Waals surface area contributed by atoms with E-state index in [9.17, 15) is 19.7 Å². The molecule has 1 N–H and O–H groups in total. The predicted molar refractivity (Wildman–Crippen MR) is 97.4 cm³/mol. The Morgan fingerprint density at radius 2 is 1.85 bits per heavy atom. The van der Waals surface area contributed by atoms with E-state index < -0.39 is 22.7 Å². The lowest BCUT2D eigenvalue weighted by Gasteiger charge is -2.31. The van der Waals surface area contributed by atoms with Crippen LogP contribution in [0.5, 0.6) is 0 Å². The molecule has 1 aliphatic rings. The summed E-state index contributed by atoms with van der Waals surface area (Å²) in [5.74, 6) is -0.234. The Morgan fingerprint density at radius 3 is 2.37 bits per heavy atom. The van der Waals surface area contributed by atoms with Crippen molar-refractivity contribution in [2.45, 2.75) is 38.8 Å². The Labute approximate surface area is 157 Å². The van der Waals surface area contributed by atoms with Gasteiger partial charge in [-0.05, 0) is 26.3 Å². The Hall–Kier alpha value is -2.68. The second-order valence-electron chi connectivity index (χ2n) is 7.26. The van der Waals surface area contributed by atoms with Crippen molar-refractivity contribution >= 4 is 17.7 Å². The lowest BCUT2D eigenvalue weighted by atomic mass is 10.0. The van der Waals surface area contributed by atoms with Crippen molar-refractivity contribution in [2.75, 3.05) is 26.3 Å². The van der Waals surface area contributed by atoms with Crippen LogP contribution < -0.4 is 5.32 Å². The Morgan fingerprint density at radius 1 is 1.26 bits per heavy atom. The molecule has 148 valence electrons. The molecule has 0 radical (unpaired) electrons. The topological polar surface area (TPSA) is 111 Å². The van der Waals surface area contributed by atoms with Gasteiger partial charge < -0.3 is 19.7 Å². The second-order valence-corrected chi connectivity index (χ2v) is 7.26. The highest BCUT2D eigenvalue weighted by atomic mass is 16.6. The van der Waals surface area contributed by atoms with Crippen molar-refractivity contribution in [3.8, 4) is 0 Å². The SMILES string of the molecule is CC(C)(C)OC(=O)N[C@H](Cc1ccc([N+](=O)[O-])cc1)C(=O)N1CCOCC1. The van der Waals surface area contributed by atoms with E-state index >= 15 is 0 Å². The smallest absolute Gasteiger partial charge is 0.408 e. The highest BCUT2D eigenvalue weighted by Gasteiger charge is 2.29. The summed E-state index contributed by atoms with van der Waals surface area (Å²) in [6.45, 7) is 7.01. The third kappa shape index (κ3) is 6.52. The first-order chi connectivity index (χ1) is 12.7. The average molecular weight is 379 g/mol. The summed E-state index contributed by atoms with van der Waals surface area (Å²) >= 11 is 0. The molecule has 1 heterocycles. The van der Waals surface area contributed by atoms with Gasteiger partial charge in [-0.25, -0.2) is 4.79 Å². The lowest BCUT2D eigenvalue weighted by Crippen LogP contribution is -2.53. The normalized spacial score (nSPS) is 15.7. The zero-order valence-corrected chi connectivity index (χ0v) is 15.8. The molecule has 1 aliphatic heterocycles. The summed E-state index contributed by atoms with van der Waals surface area (Å²) in [7, 11) is 0. The molecule has 0 unspecified atom stereocenters. The molecule has 9 nitrogen and oxygen atoms in total. The minimum atomic E-state index is -0.834. The molecule has 0 bridgehead atoms. The molecule has 2 rings (SSSR count). The summed E-state index contributed by atoms with van der Waals surface area (Å²) in [6.07, 6.45) is -0.482. The number of nitro groups is 1. The molecule has 0 spiro atoms. The maximum Gasteiger partial charge on any atom is 0.408 e. The number of hydrogen-bond acceptors (Lipinski definition) is 6. The van der Waals surface area contributed by atoms with Gasteiger partial charge >= 0.3 is 6.09 Å². The summed E-state index contributed by atoms with van der Waals surface area (Å²) in [5.41, 5.74) is -0.0255. The lowest BCUT2D eigenvalue weighted by molar-refractivity contribution is -0.384. The monoisotopic (exact) mass is 379 g/mol. The third-order valence-electron chi connectivity index (χ3n) is 3.90. The summed E-state index contributed by atoms with van der Waals surface area (Å²) in [5, 5.41) is 13.4. The number of nitrogens with zero attached hydrogens (tertiary/aromatic N) is 2. The van der Waals surface area contributed by atoms with Crippen LogP contribution in [-0.4, -0.2) is 59.8 Å². The van der Waals surface area contributed by atoms with Crippen molar-refractivity contribution in [1.82, 2.24) is 10.2 Å². The average Bonchev–Trinajstić information content (AvgIpc) is 2.60. The molecular weight excluding hydrogens is 354 g/mol. The number of morpholine rings is 1. The quantitative estimate of drug-likeness (QED) is 0.618. The van der Waals surface area contributed by atoms with E-state index in [2.05, 4.69) is 5.32 Å². The number of benzene rings is 1. The molecule has 27 heavy (non-hydrogen) atoms.